The lowest BCUT2D eigenvalue weighted by molar-refractivity contribution is 0.404. The number of rotatable bonds is 1. The van der Waals surface area contributed by atoms with E-state index in [2.05, 4.69) is 0 Å². The fourth-order valence-electron chi connectivity index (χ4n) is 1.87. The van der Waals surface area contributed by atoms with Crippen LogP contribution in [0.25, 0.3) is 11.1 Å². The molecule has 0 aliphatic rings. The maximum Gasteiger partial charge on any atom is 0.158 e. The Labute approximate surface area is 99.6 Å². The largest absolute Gasteiger partial charge is 0.507 e. The van der Waals surface area contributed by atoms with E-state index < -0.39 is 0 Å². The highest BCUT2D eigenvalue weighted by Crippen LogP contribution is 2.36. The van der Waals surface area contributed by atoms with E-state index in [9.17, 15) is 15.3 Å². The molecule has 2 aromatic rings. The van der Waals surface area contributed by atoms with Crippen LogP contribution in [0.2, 0.25) is 0 Å². The second-order valence-electron chi connectivity index (χ2n) is 4.18. The van der Waals surface area contributed by atoms with Gasteiger partial charge in [0, 0.05) is 5.56 Å². The average Bonchev–Trinajstić information content (AvgIpc) is 2.27. The number of phenols is 3. The van der Waals surface area contributed by atoms with Crippen molar-refractivity contribution in [2.45, 2.75) is 13.8 Å². The quantitative estimate of drug-likeness (QED) is 0.660. The van der Waals surface area contributed by atoms with E-state index in [-0.39, 0.29) is 17.2 Å². The fraction of sp³-hybridized carbons (Fsp3) is 0.143. The molecule has 0 fully saturated rings. The molecular formula is C14H14O3. The van der Waals surface area contributed by atoms with Crippen LogP contribution in [0, 0.1) is 13.8 Å². The molecule has 3 nitrogen and oxygen atoms in total. The van der Waals surface area contributed by atoms with Crippen molar-refractivity contribution in [1.82, 2.24) is 0 Å². The minimum atomic E-state index is -0.193. The van der Waals surface area contributed by atoms with Gasteiger partial charge in [-0.2, -0.15) is 0 Å². The van der Waals surface area contributed by atoms with Crippen LogP contribution in [-0.4, -0.2) is 15.3 Å². The third-order valence-electron chi connectivity index (χ3n) is 2.73. The molecule has 0 aliphatic heterocycles. The number of hydrogen-bond donors (Lipinski definition) is 3. The zero-order valence-corrected chi connectivity index (χ0v) is 9.73. The second kappa shape index (κ2) is 4.01. The van der Waals surface area contributed by atoms with Gasteiger partial charge >= 0.3 is 0 Å². The van der Waals surface area contributed by atoms with Crippen molar-refractivity contribution in [3.05, 3.63) is 41.5 Å². The topological polar surface area (TPSA) is 60.7 Å². The minimum absolute atomic E-state index is 0.169. The molecule has 0 heterocycles. The van der Waals surface area contributed by atoms with Crippen LogP contribution in [0.1, 0.15) is 11.1 Å². The molecule has 0 bridgehead atoms. The van der Waals surface area contributed by atoms with Crippen molar-refractivity contribution in [2.24, 2.45) is 0 Å². The highest BCUT2D eigenvalue weighted by Gasteiger charge is 2.10. The molecular weight excluding hydrogens is 216 g/mol. The van der Waals surface area contributed by atoms with Gasteiger partial charge in [-0.05, 0) is 48.7 Å². The smallest absolute Gasteiger partial charge is 0.158 e. The van der Waals surface area contributed by atoms with Gasteiger partial charge in [-0.25, -0.2) is 0 Å². The van der Waals surface area contributed by atoms with Gasteiger partial charge in [-0.1, -0.05) is 12.1 Å². The number of aryl methyl sites for hydroxylation is 2. The summed E-state index contributed by atoms with van der Waals surface area (Å²) in [7, 11) is 0. The molecule has 17 heavy (non-hydrogen) atoms. The minimum Gasteiger partial charge on any atom is -0.507 e. The number of aromatic hydroxyl groups is 3. The second-order valence-corrected chi connectivity index (χ2v) is 4.18. The summed E-state index contributed by atoms with van der Waals surface area (Å²) in [5.41, 5.74) is 3.14. The van der Waals surface area contributed by atoms with Crippen LogP contribution < -0.4 is 0 Å². The maximum absolute atomic E-state index is 9.99. The Morgan fingerprint density at radius 2 is 1.53 bits per heavy atom. The summed E-state index contributed by atoms with van der Waals surface area (Å²) in [6.07, 6.45) is 0. The zero-order chi connectivity index (χ0) is 12.6. The van der Waals surface area contributed by atoms with E-state index >= 15 is 0 Å². The van der Waals surface area contributed by atoms with Crippen LogP contribution >= 0.6 is 0 Å². The molecule has 2 rings (SSSR count). The number of benzene rings is 2. The predicted molar refractivity (Wildman–Crippen MR) is 66.3 cm³/mol. The first kappa shape index (κ1) is 11.3. The molecule has 0 aromatic heterocycles. The van der Waals surface area contributed by atoms with Crippen molar-refractivity contribution < 1.29 is 15.3 Å². The van der Waals surface area contributed by atoms with Gasteiger partial charge in [0.05, 0.1) is 0 Å². The van der Waals surface area contributed by atoms with Crippen LogP contribution in [-0.2, 0) is 0 Å². The standard InChI is InChI=1S/C14H14O3/c1-8-5-9(2)14(17)11(6-8)10-3-4-12(15)13(16)7-10/h3-7,15-17H,1-2H3. The normalized spacial score (nSPS) is 10.5. The highest BCUT2D eigenvalue weighted by molar-refractivity contribution is 5.74. The van der Waals surface area contributed by atoms with E-state index in [1.54, 1.807) is 6.07 Å². The van der Waals surface area contributed by atoms with Gasteiger partial charge in [0.25, 0.3) is 0 Å². The molecule has 0 radical (unpaired) electrons. The molecule has 0 aliphatic carbocycles. The van der Waals surface area contributed by atoms with Gasteiger partial charge < -0.3 is 15.3 Å². The van der Waals surface area contributed by atoms with E-state index in [4.69, 9.17) is 0 Å². The lowest BCUT2D eigenvalue weighted by atomic mass is 9.99. The lowest BCUT2D eigenvalue weighted by Gasteiger charge is -2.10. The predicted octanol–water partition coefficient (Wildman–Crippen LogP) is 3.09. The summed E-state index contributed by atoms with van der Waals surface area (Å²) < 4.78 is 0. The molecule has 3 N–H and O–H groups in total. The average molecular weight is 230 g/mol. The van der Waals surface area contributed by atoms with Gasteiger partial charge in [0.2, 0.25) is 0 Å². The Morgan fingerprint density at radius 3 is 2.18 bits per heavy atom. The van der Waals surface area contributed by atoms with Crippen LogP contribution in [0.15, 0.2) is 30.3 Å². The highest BCUT2D eigenvalue weighted by atomic mass is 16.3. The van der Waals surface area contributed by atoms with Crippen molar-refractivity contribution >= 4 is 0 Å². The summed E-state index contributed by atoms with van der Waals surface area (Å²) in [6.45, 7) is 3.77. The van der Waals surface area contributed by atoms with Crippen LogP contribution in [0.4, 0.5) is 0 Å². The molecule has 0 saturated carbocycles. The fourth-order valence-corrected chi connectivity index (χ4v) is 1.87. The SMILES string of the molecule is Cc1cc(C)c(O)c(-c2ccc(O)c(O)c2)c1. The molecule has 3 heteroatoms. The van der Waals surface area contributed by atoms with Gasteiger partial charge in [0.15, 0.2) is 11.5 Å². The summed E-state index contributed by atoms with van der Waals surface area (Å²) in [6, 6.07) is 8.22. The molecule has 0 spiro atoms. The van der Waals surface area contributed by atoms with Gasteiger partial charge in [-0.3, -0.25) is 0 Å². The third kappa shape index (κ3) is 2.04. The Bertz CT molecular complexity index is 574. The van der Waals surface area contributed by atoms with Crippen LogP contribution in [0.3, 0.4) is 0 Å². The first-order valence-corrected chi connectivity index (χ1v) is 5.31. The Morgan fingerprint density at radius 1 is 0.824 bits per heavy atom. The summed E-state index contributed by atoms with van der Waals surface area (Å²) in [5, 5.41) is 28.7. The van der Waals surface area contributed by atoms with Crippen molar-refractivity contribution in [3.8, 4) is 28.4 Å². The molecule has 88 valence electrons. The molecule has 0 atom stereocenters. The van der Waals surface area contributed by atoms with Crippen molar-refractivity contribution in [2.75, 3.05) is 0 Å². The molecule has 0 saturated heterocycles. The molecule has 2 aromatic carbocycles. The molecule has 0 amide bonds. The lowest BCUT2D eigenvalue weighted by Crippen LogP contribution is -1.85. The van der Waals surface area contributed by atoms with Gasteiger partial charge in [-0.15, -0.1) is 0 Å². The maximum atomic E-state index is 9.99. The van der Waals surface area contributed by atoms with Gasteiger partial charge in [0.1, 0.15) is 5.75 Å². The van der Waals surface area contributed by atoms with E-state index in [0.29, 0.717) is 11.1 Å². The number of phenolic OH excluding ortho intramolecular Hbond substituents is 3. The Balaban J connectivity index is 2.64. The van der Waals surface area contributed by atoms with E-state index in [0.717, 1.165) is 11.1 Å². The van der Waals surface area contributed by atoms with E-state index in [1.807, 2.05) is 26.0 Å². The summed E-state index contributed by atoms with van der Waals surface area (Å²) in [5.74, 6) is -0.167. The third-order valence-corrected chi connectivity index (χ3v) is 2.73. The Kier molecular flexibility index (Phi) is 2.68. The first-order chi connectivity index (χ1) is 7.99. The summed E-state index contributed by atoms with van der Waals surface area (Å²) in [4.78, 5) is 0. The van der Waals surface area contributed by atoms with E-state index in [1.165, 1.54) is 12.1 Å². The summed E-state index contributed by atoms with van der Waals surface area (Å²) >= 11 is 0. The zero-order valence-electron chi connectivity index (χ0n) is 9.73. The number of hydrogen-bond acceptors (Lipinski definition) is 3. The van der Waals surface area contributed by atoms with Crippen molar-refractivity contribution in [3.63, 3.8) is 0 Å². The monoisotopic (exact) mass is 230 g/mol. The first-order valence-electron chi connectivity index (χ1n) is 5.31. The van der Waals surface area contributed by atoms with Crippen molar-refractivity contribution in [1.29, 1.82) is 0 Å². The Hall–Kier alpha value is -2.16. The molecule has 0 unspecified atom stereocenters. The van der Waals surface area contributed by atoms with Crippen LogP contribution in [0.5, 0.6) is 17.2 Å².